The largest absolute Gasteiger partial charge is 0.368 e. The molecular formula is C30H28N5O2. The van der Waals surface area contributed by atoms with Crippen molar-refractivity contribution < 1.29 is 9.59 Å². The molecule has 3 N–H and O–H groups in total. The number of para-hydroxylation sites is 3. The fraction of sp³-hybridized carbons (Fsp3) is 0.200. The van der Waals surface area contributed by atoms with Gasteiger partial charge in [0.2, 0.25) is 11.8 Å². The standard InChI is InChI=1S/C30H28N5O2/c31-29(37)27-18-22(35-26-13-7-6-12-25(26)33-30(35)20-8-2-1-3-9-20)16-17-34(27)28(36)15-14-21-19-32-24-11-5-4-10-23(21)24/h1-13,15,19,22,27,32H,14,16-18H2,(H2,31,37). The van der Waals surface area contributed by atoms with Crippen molar-refractivity contribution in [2.45, 2.75) is 31.3 Å². The van der Waals surface area contributed by atoms with Crippen molar-refractivity contribution in [1.29, 1.82) is 0 Å². The van der Waals surface area contributed by atoms with Crippen LogP contribution in [-0.4, -0.2) is 43.8 Å². The van der Waals surface area contributed by atoms with E-state index in [-0.39, 0.29) is 11.9 Å². The van der Waals surface area contributed by atoms with Crippen LogP contribution in [0.15, 0.2) is 85.1 Å². The van der Waals surface area contributed by atoms with Gasteiger partial charge in [-0.2, -0.15) is 0 Å². The van der Waals surface area contributed by atoms with Crippen LogP contribution in [0.2, 0.25) is 0 Å². The molecule has 1 aliphatic rings. The molecule has 3 heterocycles. The predicted octanol–water partition coefficient (Wildman–Crippen LogP) is 4.65. The van der Waals surface area contributed by atoms with Crippen LogP contribution in [0.3, 0.4) is 0 Å². The SMILES string of the molecule is NC(=O)C1CC(n2c(-c3ccccc3)nc3ccccc32)CCN1C(=O)[CH]Cc1c[nH]c2ccccc12. The predicted molar refractivity (Wildman–Crippen MR) is 144 cm³/mol. The molecule has 1 radical (unpaired) electrons. The Morgan fingerprint density at radius 3 is 2.59 bits per heavy atom. The first kappa shape index (κ1) is 23.0. The summed E-state index contributed by atoms with van der Waals surface area (Å²) in [6.07, 6.45) is 5.23. The number of aromatic amines is 1. The van der Waals surface area contributed by atoms with Gasteiger partial charge in [-0.25, -0.2) is 4.98 Å². The quantitative estimate of drug-likeness (QED) is 0.363. The molecular weight excluding hydrogens is 462 g/mol. The Bertz CT molecular complexity index is 1590. The van der Waals surface area contributed by atoms with Gasteiger partial charge in [0.15, 0.2) is 0 Å². The third-order valence-corrected chi connectivity index (χ3v) is 7.35. The van der Waals surface area contributed by atoms with Gasteiger partial charge in [-0.15, -0.1) is 0 Å². The molecule has 1 saturated heterocycles. The number of hydrogen-bond donors (Lipinski definition) is 2. The maximum atomic E-state index is 13.3. The Kier molecular flexibility index (Phi) is 5.96. The molecule has 7 heteroatoms. The lowest BCUT2D eigenvalue weighted by Gasteiger charge is -2.39. The molecule has 0 aliphatic carbocycles. The van der Waals surface area contributed by atoms with E-state index in [4.69, 9.17) is 10.7 Å². The number of likely N-dealkylation sites (tertiary alicyclic amines) is 1. The van der Waals surface area contributed by atoms with Gasteiger partial charge in [-0.05, 0) is 43.0 Å². The second-order valence-electron chi connectivity index (χ2n) is 9.56. The van der Waals surface area contributed by atoms with Crippen molar-refractivity contribution in [3.8, 4) is 11.4 Å². The number of rotatable bonds is 6. The second kappa shape index (κ2) is 9.58. The van der Waals surface area contributed by atoms with Gasteiger partial charge >= 0.3 is 0 Å². The summed E-state index contributed by atoms with van der Waals surface area (Å²) in [4.78, 5) is 35.7. The lowest BCUT2D eigenvalue weighted by atomic mass is 9.94. The molecule has 6 rings (SSSR count). The van der Waals surface area contributed by atoms with Crippen LogP contribution >= 0.6 is 0 Å². The summed E-state index contributed by atoms with van der Waals surface area (Å²) in [5.74, 6) is 0.219. The summed E-state index contributed by atoms with van der Waals surface area (Å²) < 4.78 is 2.22. The van der Waals surface area contributed by atoms with E-state index in [1.165, 1.54) is 0 Å². The molecule has 2 atom stereocenters. The summed E-state index contributed by atoms with van der Waals surface area (Å²) >= 11 is 0. The zero-order chi connectivity index (χ0) is 25.4. The summed E-state index contributed by atoms with van der Waals surface area (Å²) in [6, 6.07) is 25.4. The van der Waals surface area contributed by atoms with Gasteiger partial charge < -0.3 is 20.2 Å². The third kappa shape index (κ3) is 4.27. The average molecular weight is 491 g/mol. The molecule has 0 saturated carbocycles. The van der Waals surface area contributed by atoms with E-state index in [2.05, 4.69) is 15.6 Å². The molecule has 2 unspecified atom stereocenters. The number of nitrogens with zero attached hydrogens (tertiary/aromatic N) is 3. The second-order valence-corrected chi connectivity index (χ2v) is 9.56. The fourth-order valence-corrected chi connectivity index (χ4v) is 5.53. The third-order valence-electron chi connectivity index (χ3n) is 7.35. The lowest BCUT2D eigenvalue weighted by molar-refractivity contribution is -0.139. The first-order chi connectivity index (χ1) is 18.1. The van der Waals surface area contributed by atoms with Crippen molar-refractivity contribution in [3.05, 3.63) is 97.0 Å². The summed E-state index contributed by atoms with van der Waals surface area (Å²) in [7, 11) is 0. The van der Waals surface area contributed by atoms with Crippen molar-refractivity contribution in [1.82, 2.24) is 19.4 Å². The van der Waals surface area contributed by atoms with E-state index in [9.17, 15) is 9.59 Å². The normalized spacial score (nSPS) is 17.9. The number of benzene rings is 3. The minimum Gasteiger partial charge on any atom is -0.368 e. The number of primary amides is 1. The number of nitrogens with two attached hydrogens (primary N) is 1. The van der Waals surface area contributed by atoms with E-state index < -0.39 is 11.9 Å². The molecule has 2 amide bonds. The van der Waals surface area contributed by atoms with Crippen LogP contribution in [0.25, 0.3) is 33.3 Å². The first-order valence-electron chi connectivity index (χ1n) is 12.6. The highest BCUT2D eigenvalue weighted by atomic mass is 16.2. The molecule has 185 valence electrons. The number of carbonyl (C=O) groups is 2. The van der Waals surface area contributed by atoms with Gasteiger partial charge in [-0.3, -0.25) is 9.59 Å². The maximum Gasteiger partial charge on any atom is 0.240 e. The van der Waals surface area contributed by atoms with Crippen LogP contribution in [-0.2, 0) is 16.0 Å². The zero-order valence-electron chi connectivity index (χ0n) is 20.4. The molecule has 0 bridgehead atoms. The van der Waals surface area contributed by atoms with Gasteiger partial charge in [-0.1, -0.05) is 60.7 Å². The Morgan fingerprint density at radius 1 is 1.00 bits per heavy atom. The first-order valence-corrected chi connectivity index (χ1v) is 12.6. The van der Waals surface area contributed by atoms with Crippen molar-refractivity contribution in [2.75, 3.05) is 6.54 Å². The minimum atomic E-state index is -0.685. The van der Waals surface area contributed by atoms with E-state index in [1.54, 1.807) is 11.3 Å². The molecule has 2 aromatic heterocycles. The topological polar surface area (TPSA) is 97.0 Å². The highest BCUT2D eigenvalue weighted by Gasteiger charge is 2.37. The Labute approximate surface area is 214 Å². The van der Waals surface area contributed by atoms with Crippen molar-refractivity contribution in [2.24, 2.45) is 5.73 Å². The number of imidazole rings is 1. The lowest BCUT2D eigenvalue weighted by Crippen LogP contribution is -2.52. The van der Waals surface area contributed by atoms with E-state index in [1.807, 2.05) is 79.0 Å². The number of H-pyrrole nitrogens is 1. The smallest absolute Gasteiger partial charge is 0.240 e. The fourth-order valence-electron chi connectivity index (χ4n) is 5.53. The minimum absolute atomic E-state index is 0.0160. The number of amides is 2. The summed E-state index contributed by atoms with van der Waals surface area (Å²) in [5.41, 5.74) is 10.9. The van der Waals surface area contributed by atoms with Crippen LogP contribution < -0.4 is 5.73 Å². The number of aromatic nitrogens is 3. The van der Waals surface area contributed by atoms with Gasteiger partial charge in [0.25, 0.3) is 0 Å². The Morgan fingerprint density at radius 2 is 1.76 bits per heavy atom. The number of piperidine rings is 1. The molecule has 1 aliphatic heterocycles. The average Bonchev–Trinajstić information content (AvgIpc) is 3.53. The van der Waals surface area contributed by atoms with E-state index in [0.29, 0.717) is 25.8 Å². The molecule has 3 aromatic carbocycles. The highest BCUT2D eigenvalue weighted by Crippen LogP contribution is 2.35. The van der Waals surface area contributed by atoms with Crippen molar-refractivity contribution >= 4 is 33.8 Å². The number of nitrogens with one attached hydrogen (secondary N) is 1. The molecule has 37 heavy (non-hydrogen) atoms. The van der Waals surface area contributed by atoms with Gasteiger partial charge in [0, 0.05) is 35.2 Å². The number of carbonyl (C=O) groups excluding carboxylic acids is 2. The molecule has 7 nitrogen and oxygen atoms in total. The monoisotopic (exact) mass is 490 g/mol. The zero-order valence-corrected chi connectivity index (χ0v) is 20.4. The summed E-state index contributed by atoms with van der Waals surface area (Å²) in [5, 5.41) is 1.09. The van der Waals surface area contributed by atoms with E-state index in [0.717, 1.165) is 38.9 Å². The number of fused-ring (bicyclic) bond motifs is 2. The molecule has 0 spiro atoms. The maximum absolute atomic E-state index is 13.3. The van der Waals surface area contributed by atoms with Gasteiger partial charge in [0.05, 0.1) is 17.5 Å². The summed E-state index contributed by atoms with van der Waals surface area (Å²) in [6.45, 7) is 0.447. The number of hydrogen-bond acceptors (Lipinski definition) is 3. The van der Waals surface area contributed by atoms with Crippen molar-refractivity contribution in [3.63, 3.8) is 0 Å². The van der Waals surface area contributed by atoms with Crippen LogP contribution in [0, 0.1) is 6.42 Å². The molecule has 1 fully saturated rings. The van der Waals surface area contributed by atoms with Gasteiger partial charge in [0.1, 0.15) is 11.9 Å². The van der Waals surface area contributed by atoms with Crippen LogP contribution in [0.4, 0.5) is 0 Å². The Hall–Kier alpha value is -4.39. The highest BCUT2D eigenvalue weighted by molar-refractivity contribution is 5.92. The van der Waals surface area contributed by atoms with Crippen LogP contribution in [0.1, 0.15) is 24.4 Å². The Balaban J connectivity index is 1.25. The van der Waals surface area contributed by atoms with E-state index >= 15 is 0 Å². The molecule has 5 aromatic rings. The van der Waals surface area contributed by atoms with Crippen LogP contribution in [0.5, 0.6) is 0 Å².